The highest BCUT2D eigenvalue weighted by Gasteiger charge is 2.26. The molecule has 3 heteroatoms. The van der Waals surface area contributed by atoms with Crippen LogP contribution in [-0.2, 0) is 0 Å². The summed E-state index contributed by atoms with van der Waals surface area (Å²) in [7, 11) is 3.87. The number of nitrogens with zero attached hydrogens (tertiary/aromatic N) is 2. The molecule has 20 heavy (non-hydrogen) atoms. The highest BCUT2D eigenvalue weighted by molar-refractivity contribution is 5.78. The van der Waals surface area contributed by atoms with Crippen LogP contribution in [0, 0.1) is 10.8 Å². The molecule has 0 saturated carbocycles. The van der Waals surface area contributed by atoms with Gasteiger partial charge >= 0.3 is 0 Å². The van der Waals surface area contributed by atoms with E-state index in [9.17, 15) is 0 Å². The van der Waals surface area contributed by atoms with Gasteiger partial charge in [-0.05, 0) is 24.2 Å². The van der Waals surface area contributed by atoms with E-state index in [2.05, 4.69) is 57.1 Å². The Morgan fingerprint density at radius 1 is 1.00 bits per heavy atom. The minimum Gasteiger partial charge on any atom is -0.307 e. The Balaban J connectivity index is -0.000000656. The number of hydrazine groups is 1. The summed E-state index contributed by atoms with van der Waals surface area (Å²) in [5.74, 6) is 0.953. The number of nitrogens with one attached hydrogen (secondary N) is 1. The van der Waals surface area contributed by atoms with Crippen LogP contribution in [0.3, 0.4) is 0 Å². The van der Waals surface area contributed by atoms with E-state index >= 15 is 0 Å². The van der Waals surface area contributed by atoms with E-state index in [0.717, 1.165) is 12.4 Å². The fourth-order valence-electron chi connectivity index (χ4n) is 2.50. The normalized spacial score (nSPS) is 12.2. The third kappa shape index (κ3) is 17.4. The van der Waals surface area contributed by atoms with E-state index in [1.54, 1.807) is 7.05 Å². The Labute approximate surface area is 129 Å². The summed E-state index contributed by atoms with van der Waals surface area (Å²) in [6.45, 7) is 22.5. The van der Waals surface area contributed by atoms with Gasteiger partial charge < -0.3 is 5.43 Å². The second-order valence-electron chi connectivity index (χ2n) is 6.68. The van der Waals surface area contributed by atoms with Crippen LogP contribution >= 0.6 is 0 Å². The van der Waals surface area contributed by atoms with Crippen molar-refractivity contribution >= 4 is 5.84 Å². The van der Waals surface area contributed by atoms with Crippen molar-refractivity contribution in [2.45, 2.75) is 75.7 Å². The van der Waals surface area contributed by atoms with Crippen molar-refractivity contribution in [2.75, 3.05) is 20.6 Å². The molecule has 3 nitrogen and oxygen atoms in total. The van der Waals surface area contributed by atoms with E-state index in [1.165, 1.54) is 6.42 Å². The van der Waals surface area contributed by atoms with Gasteiger partial charge in [0.05, 0.1) is 0 Å². The summed E-state index contributed by atoms with van der Waals surface area (Å²) in [5, 5.41) is 2.12. The van der Waals surface area contributed by atoms with Crippen LogP contribution in [0.1, 0.15) is 75.7 Å². The van der Waals surface area contributed by atoms with Crippen molar-refractivity contribution in [3.63, 3.8) is 0 Å². The Kier molecular flexibility index (Phi) is 14.9. The van der Waals surface area contributed by atoms with Crippen LogP contribution in [0.15, 0.2) is 4.99 Å². The minimum atomic E-state index is 0.300. The van der Waals surface area contributed by atoms with Gasteiger partial charge in [0.2, 0.25) is 0 Å². The average Bonchev–Trinajstić information content (AvgIpc) is 2.29. The summed E-state index contributed by atoms with van der Waals surface area (Å²) < 4.78 is 0. The van der Waals surface area contributed by atoms with Gasteiger partial charge in [0.25, 0.3) is 0 Å². The first kappa shape index (κ1) is 24.4. The molecule has 0 amide bonds. The van der Waals surface area contributed by atoms with E-state index in [0.29, 0.717) is 10.8 Å². The number of rotatable bonds is 4. The Morgan fingerprint density at radius 2 is 1.40 bits per heavy atom. The zero-order valence-corrected chi connectivity index (χ0v) is 16.3. The lowest BCUT2D eigenvalue weighted by molar-refractivity contribution is 0.132. The van der Waals surface area contributed by atoms with E-state index in [1.807, 2.05) is 34.6 Å². The molecule has 0 aliphatic heterocycles. The van der Waals surface area contributed by atoms with Crippen LogP contribution in [0.4, 0.5) is 0 Å². The summed E-state index contributed by atoms with van der Waals surface area (Å²) >= 11 is 0. The van der Waals surface area contributed by atoms with Gasteiger partial charge in [0.15, 0.2) is 0 Å². The van der Waals surface area contributed by atoms with Crippen molar-refractivity contribution in [3.05, 3.63) is 0 Å². The summed E-state index contributed by atoms with van der Waals surface area (Å²) in [6, 6.07) is 0. The first-order chi connectivity index (χ1) is 9.06. The fraction of sp³-hybridized carbons (Fsp3) is 0.941. The summed E-state index contributed by atoms with van der Waals surface area (Å²) in [4.78, 5) is 4.10. The monoisotopic (exact) mass is 287 g/mol. The highest BCUT2D eigenvalue weighted by Crippen LogP contribution is 2.33. The molecular weight excluding hydrogens is 246 g/mol. The molecule has 0 aromatic heterocycles. The predicted octanol–water partition coefficient (Wildman–Crippen LogP) is 4.99. The van der Waals surface area contributed by atoms with Crippen LogP contribution in [0.25, 0.3) is 0 Å². The van der Waals surface area contributed by atoms with Gasteiger partial charge in [0, 0.05) is 20.6 Å². The maximum atomic E-state index is 4.10. The minimum absolute atomic E-state index is 0.300. The van der Waals surface area contributed by atoms with Crippen molar-refractivity contribution in [1.82, 2.24) is 10.4 Å². The summed E-state index contributed by atoms with van der Waals surface area (Å²) in [6.07, 6.45) is 1.20. The number of aliphatic imine (C=N–C) groups is 1. The standard InChI is InChI=1S/C13H29N3.2C2H6/c1-11(14-7)15-16(8)10-13(5,6)9-12(2,3)4;2*1-2/h9-10H2,1-8H3,(H,14,15);2*1-2H3. The second-order valence-corrected chi connectivity index (χ2v) is 6.68. The Morgan fingerprint density at radius 3 is 1.70 bits per heavy atom. The molecule has 0 bridgehead atoms. The SMILES string of the molecule is CC.CC.CN=C(C)NN(C)CC(C)(C)CC(C)(C)C. The molecule has 0 aromatic rings. The highest BCUT2D eigenvalue weighted by atomic mass is 15.5. The van der Waals surface area contributed by atoms with E-state index in [4.69, 9.17) is 0 Å². The van der Waals surface area contributed by atoms with Crippen molar-refractivity contribution in [2.24, 2.45) is 15.8 Å². The van der Waals surface area contributed by atoms with Crippen LogP contribution in [-0.4, -0.2) is 31.5 Å². The first-order valence-corrected chi connectivity index (χ1v) is 7.97. The largest absolute Gasteiger partial charge is 0.307 e. The number of amidine groups is 1. The average molecular weight is 288 g/mol. The van der Waals surface area contributed by atoms with Crippen LogP contribution in [0.2, 0.25) is 0 Å². The van der Waals surface area contributed by atoms with Crippen molar-refractivity contribution in [3.8, 4) is 0 Å². The van der Waals surface area contributed by atoms with Gasteiger partial charge in [-0.2, -0.15) is 0 Å². The third-order valence-corrected chi connectivity index (χ3v) is 2.36. The zero-order chi connectivity index (χ0) is 17.0. The Hall–Kier alpha value is -0.570. The number of hydrogen-bond donors (Lipinski definition) is 1. The third-order valence-electron chi connectivity index (χ3n) is 2.36. The lowest BCUT2D eigenvalue weighted by Crippen LogP contribution is -2.44. The fourth-order valence-corrected chi connectivity index (χ4v) is 2.50. The van der Waals surface area contributed by atoms with Gasteiger partial charge in [-0.3, -0.25) is 4.99 Å². The van der Waals surface area contributed by atoms with Crippen LogP contribution < -0.4 is 5.43 Å². The molecule has 0 heterocycles. The molecule has 0 atom stereocenters. The Bertz CT molecular complexity index is 237. The molecule has 0 aliphatic carbocycles. The molecule has 0 spiro atoms. The van der Waals surface area contributed by atoms with Gasteiger partial charge in [0.1, 0.15) is 5.84 Å². The van der Waals surface area contributed by atoms with E-state index < -0.39 is 0 Å². The van der Waals surface area contributed by atoms with E-state index in [-0.39, 0.29) is 0 Å². The topological polar surface area (TPSA) is 27.6 Å². The predicted molar refractivity (Wildman–Crippen MR) is 95.3 cm³/mol. The van der Waals surface area contributed by atoms with Gasteiger partial charge in [-0.1, -0.05) is 62.3 Å². The molecular formula is C17H41N3. The van der Waals surface area contributed by atoms with Gasteiger partial charge in [-0.25, -0.2) is 5.01 Å². The van der Waals surface area contributed by atoms with Crippen molar-refractivity contribution < 1.29 is 0 Å². The molecule has 0 rings (SSSR count). The number of hydrogen-bond acceptors (Lipinski definition) is 2. The maximum Gasteiger partial charge on any atom is 0.107 e. The lowest BCUT2D eigenvalue weighted by Gasteiger charge is -2.35. The van der Waals surface area contributed by atoms with Crippen molar-refractivity contribution in [1.29, 1.82) is 0 Å². The maximum absolute atomic E-state index is 4.10. The molecule has 0 radical (unpaired) electrons. The molecule has 0 aliphatic rings. The molecule has 0 saturated heterocycles. The molecule has 1 N–H and O–H groups in total. The summed E-state index contributed by atoms with van der Waals surface area (Å²) in [5.41, 5.74) is 3.93. The molecule has 124 valence electrons. The quantitative estimate of drug-likeness (QED) is 0.448. The molecule has 0 unspecified atom stereocenters. The molecule has 0 fully saturated rings. The second kappa shape index (κ2) is 12.2. The van der Waals surface area contributed by atoms with Gasteiger partial charge in [-0.15, -0.1) is 0 Å². The zero-order valence-electron chi connectivity index (χ0n) is 16.3. The molecule has 0 aromatic carbocycles. The lowest BCUT2D eigenvalue weighted by atomic mass is 9.76. The first-order valence-electron chi connectivity index (χ1n) is 7.97. The van der Waals surface area contributed by atoms with Crippen LogP contribution in [0.5, 0.6) is 0 Å². The smallest absolute Gasteiger partial charge is 0.107 e.